The maximum absolute atomic E-state index is 11.4. The van der Waals surface area contributed by atoms with Gasteiger partial charge in [0.05, 0.1) is 0 Å². The number of aliphatic carboxylic acids is 1. The number of nitrogens with one attached hydrogen (secondary N) is 1. The molecule has 94 valence electrons. The summed E-state index contributed by atoms with van der Waals surface area (Å²) >= 11 is 0. The molecule has 0 aliphatic carbocycles. The number of phenolic OH excluding ortho intramolecular Hbond substituents is 1. The Hall–Kier alpha value is -2.50. The van der Waals surface area contributed by atoms with Gasteiger partial charge in [0.25, 0.3) is 5.91 Å². The van der Waals surface area contributed by atoms with Crippen LogP contribution in [-0.2, 0) is 20.7 Å². The minimum absolute atomic E-state index is 0.103. The lowest BCUT2D eigenvalue weighted by Crippen LogP contribution is -2.42. The SMILES string of the molecule is O=C(NC(Cc1ccc(O)cc1)C(=O)O)C1=CO1. The fourth-order valence-electron chi connectivity index (χ4n) is 1.43. The Labute approximate surface area is 103 Å². The molecule has 0 fully saturated rings. The van der Waals surface area contributed by atoms with E-state index in [2.05, 4.69) is 10.1 Å². The summed E-state index contributed by atoms with van der Waals surface area (Å²) in [5.74, 6) is -1.43. The van der Waals surface area contributed by atoms with Crippen molar-refractivity contribution < 1.29 is 24.5 Å². The number of carbonyl (C=O) groups is 2. The van der Waals surface area contributed by atoms with Crippen LogP contribution in [0.3, 0.4) is 0 Å². The standard InChI is InChI=1S/C12H11NO5/c14-8-3-1-7(2-4-8)5-9(12(16)17)13-11(15)10-6-18-10/h1-4,6,9,14H,5H2,(H,13,15)(H,16,17). The number of aromatic hydroxyl groups is 1. The summed E-state index contributed by atoms with van der Waals surface area (Å²) in [6.07, 6.45) is 1.38. The monoisotopic (exact) mass is 249 g/mol. The maximum Gasteiger partial charge on any atom is 0.326 e. The molecule has 1 aromatic rings. The number of rotatable bonds is 5. The summed E-state index contributed by atoms with van der Waals surface area (Å²) in [5, 5.41) is 20.5. The topological polar surface area (TPSA) is 99.2 Å². The van der Waals surface area contributed by atoms with Crippen molar-refractivity contribution in [2.45, 2.75) is 12.5 Å². The molecule has 6 heteroatoms. The molecule has 1 aromatic carbocycles. The first kappa shape index (κ1) is 12.0. The van der Waals surface area contributed by atoms with E-state index in [4.69, 9.17) is 10.2 Å². The summed E-state index contributed by atoms with van der Waals surface area (Å²) < 4.78 is 4.57. The van der Waals surface area contributed by atoms with Crippen LogP contribution in [0.2, 0.25) is 0 Å². The normalized spacial score (nSPS) is 14.1. The fraction of sp³-hybridized carbons (Fsp3) is 0.167. The number of ether oxygens (including phenoxy) is 1. The number of phenols is 1. The third-order valence-corrected chi connectivity index (χ3v) is 2.44. The molecule has 1 amide bonds. The van der Waals surface area contributed by atoms with E-state index in [9.17, 15) is 9.59 Å². The molecule has 0 bridgehead atoms. The molecule has 18 heavy (non-hydrogen) atoms. The molecule has 1 heterocycles. The van der Waals surface area contributed by atoms with Gasteiger partial charge in [0.2, 0.25) is 5.76 Å². The number of benzene rings is 1. The van der Waals surface area contributed by atoms with Crippen LogP contribution in [-0.4, -0.2) is 28.1 Å². The van der Waals surface area contributed by atoms with Gasteiger partial charge in [-0.2, -0.15) is 0 Å². The van der Waals surface area contributed by atoms with Gasteiger partial charge < -0.3 is 20.3 Å². The average molecular weight is 249 g/mol. The lowest BCUT2D eigenvalue weighted by Gasteiger charge is -2.13. The number of hydrogen-bond acceptors (Lipinski definition) is 4. The molecule has 0 saturated heterocycles. The van der Waals surface area contributed by atoms with E-state index in [1.807, 2.05) is 0 Å². The zero-order valence-electron chi connectivity index (χ0n) is 9.29. The molecule has 0 saturated carbocycles. The number of carboxylic acid groups (broad SMARTS) is 1. The molecule has 1 unspecified atom stereocenters. The predicted octanol–water partition coefficient (Wildman–Crippen LogP) is 0.376. The predicted molar refractivity (Wildman–Crippen MR) is 60.5 cm³/mol. The maximum atomic E-state index is 11.4. The molecule has 6 nitrogen and oxygen atoms in total. The minimum atomic E-state index is -1.13. The minimum Gasteiger partial charge on any atom is -0.508 e. The van der Waals surface area contributed by atoms with E-state index in [-0.39, 0.29) is 17.9 Å². The molecular weight excluding hydrogens is 238 g/mol. The van der Waals surface area contributed by atoms with Gasteiger partial charge in [0.1, 0.15) is 18.1 Å². The third-order valence-electron chi connectivity index (χ3n) is 2.44. The molecule has 1 aliphatic heterocycles. The van der Waals surface area contributed by atoms with Gasteiger partial charge in [-0.1, -0.05) is 12.1 Å². The molecule has 1 atom stereocenters. The van der Waals surface area contributed by atoms with Crippen LogP contribution in [0.15, 0.2) is 36.3 Å². The summed E-state index contributed by atoms with van der Waals surface area (Å²) in [5.41, 5.74) is 0.700. The molecule has 0 spiro atoms. The van der Waals surface area contributed by atoms with Gasteiger partial charge in [-0.25, -0.2) is 4.79 Å². The molecule has 1 aliphatic rings. The second kappa shape index (κ2) is 4.79. The van der Waals surface area contributed by atoms with Crippen LogP contribution >= 0.6 is 0 Å². The number of carbonyl (C=O) groups excluding carboxylic acids is 1. The number of carboxylic acids is 1. The van der Waals surface area contributed by atoms with Gasteiger partial charge in [-0.3, -0.25) is 4.79 Å². The van der Waals surface area contributed by atoms with Crippen molar-refractivity contribution in [3.8, 4) is 5.75 Å². The largest absolute Gasteiger partial charge is 0.508 e. The molecule has 3 N–H and O–H groups in total. The molecule has 0 radical (unpaired) electrons. The second-order valence-electron chi connectivity index (χ2n) is 3.83. The fourth-order valence-corrected chi connectivity index (χ4v) is 1.43. The highest BCUT2D eigenvalue weighted by Crippen LogP contribution is 2.14. The zero-order valence-corrected chi connectivity index (χ0v) is 9.29. The molecule has 0 aromatic heterocycles. The Bertz CT molecular complexity index is 506. The number of hydrogen-bond donors (Lipinski definition) is 3. The van der Waals surface area contributed by atoms with Gasteiger partial charge in [-0.15, -0.1) is 0 Å². The van der Waals surface area contributed by atoms with Crippen molar-refractivity contribution in [2.24, 2.45) is 0 Å². The van der Waals surface area contributed by atoms with Crippen molar-refractivity contribution in [2.75, 3.05) is 0 Å². The van der Waals surface area contributed by atoms with Crippen LogP contribution in [0.5, 0.6) is 5.75 Å². The Morgan fingerprint density at radius 2 is 1.89 bits per heavy atom. The first-order valence-corrected chi connectivity index (χ1v) is 5.24. The van der Waals surface area contributed by atoms with Crippen LogP contribution in [0.1, 0.15) is 5.56 Å². The third kappa shape index (κ3) is 3.00. The summed E-state index contributed by atoms with van der Waals surface area (Å²) in [6, 6.07) is 5.09. The van der Waals surface area contributed by atoms with Crippen LogP contribution in [0.25, 0.3) is 0 Å². The quantitative estimate of drug-likeness (QED) is 0.700. The lowest BCUT2D eigenvalue weighted by molar-refractivity contribution is -0.141. The summed E-state index contributed by atoms with van der Waals surface area (Å²) in [4.78, 5) is 22.4. The Kier molecular flexibility index (Phi) is 3.18. The van der Waals surface area contributed by atoms with E-state index in [1.165, 1.54) is 18.4 Å². The Morgan fingerprint density at radius 1 is 1.28 bits per heavy atom. The van der Waals surface area contributed by atoms with E-state index < -0.39 is 17.9 Å². The highest BCUT2D eigenvalue weighted by molar-refractivity contribution is 5.96. The Morgan fingerprint density at radius 3 is 2.39 bits per heavy atom. The van der Waals surface area contributed by atoms with Crippen molar-refractivity contribution in [3.63, 3.8) is 0 Å². The van der Waals surface area contributed by atoms with E-state index in [0.29, 0.717) is 5.56 Å². The van der Waals surface area contributed by atoms with E-state index in [1.54, 1.807) is 12.1 Å². The highest BCUT2D eigenvalue weighted by Gasteiger charge is 2.26. The first-order chi connectivity index (χ1) is 8.56. The van der Waals surface area contributed by atoms with E-state index >= 15 is 0 Å². The average Bonchev–Trinajstić information content (AvgIpc) is 3.14. The van der Waals surface area contributed by atoms with Gasteiger partial charge in [0, 0.05) is 6.42 Å². The van der Waals surface area contributed by atoms with Crippen molar-refractivity contribution in [1.29, 1.82) is 0 Å². The summed E-state index contributed by atoms with van der Waals surface area (Å²) in [6.45, 7) is 0. The van der Waals surface area contributed by atoms with E-state index in [0.717, 1.165) is 0 Å². The summed E-state index contributed by atoms with van der Waals surface area (Å²) in [7, 11) is 0. The zero-order chi connectivity index (χ0) is 13.1. The van der Waals surface area contributed by atoms with Gasteiger partial charge in [0.15, 0.2) is 0 Å². The lowest BCUT2D eigenvalue weighted by atomic mass is 10.1. The number of amides is 1. The Balaban J connectivity index is 2.01. The smallest absolute Gasteiger partial charge is 0.326 e. The van der Waals surface area contributed by atoms with Gasteiger partial charge in [-0.05, 0) is 17.7 Å². The van der Waals surface area contributed by atoms with Crippen LogP contribution < -0.4 is 5.32 Å². The highest BCUT2D eigenvalue weighted by atomic mass is 16.5. The van der Waals surface area contributed by atoms with Crippen molar-refractivity contribution in [3.05, 3.63) is 41.9 Å². The van der Waals surface area contributed by atoms with Crippen LogP contribution in [0, 0.1) is 0 Å². The molecule has 2 rings (SSSR count). The second-order valence-corrected chi connectivity index (χ2v) is 3.83. The van der Waals surface area contributed by atoms with Gasteiger partial charge >= 0.3 is 5.97 Å². The van der Waals surface area contributed by atoms with Crippen molar-refractivity contribution in [1.82, 2.24) is 5.32 Å². The van der Waals surface area contributed by atoms with Crippen LogP contribution in [0.4, 0.5) is 0 Å². The first-order valence-electron chi connectivity index (χ1n) is 5.24. The van der Waals surface area contributed by atoms with Crippen molar-refractivity contribution >= 4 is 11.9 Å². The molecular formula is C12H11NO5.